The van der Waals surface area contributed by atoms with Gasteiger partial charge in [0.25, 0.3) is 5.91 Å². The number of hydrogen-bond donors (Lipinski definition) is 1. The van der Waals surface area contributed by atoms with E-state index in [9.17, 15) is 9.59 Å². The van der Waals surface area contributed by atoms with Crippen LogP contribution in [-0.2, 0) is 14.3 Å². The average molecular weight is 386 g/mol. The van der Waals surface area contributed by atoms with Crippen molar-refractivity contribution in [1.82, 2.24) is 4.90 Å². The lowest BCUT2D eigenvalue weighted by atomic mass is 10.1. The Balaban J connectivity index is 2.08. The van der Waals surface area contributed by atoms with Crippen LogP contribution in [0.2, 0.25) is 0 Å². The van der Waals surface area contributed by atoms with E-state index in [-0.39, 0.29) is 18.5 Å². The first-order valence-corrected chi connectivity index (χ1v) is 8.29. The molecule has 1 aliphatic heterocycles. The van der Waals surface area contributed by atoms with Crippen molar-refractivity contribution in [3.8, 4) is 5.75 Å². The molecule has 1 saturated heterocycles. The predicted molar refractivity (Wildman–Crippen MR) is 87.4 cm³/mol. The van der Waals surface area contributed by atoms with Gasteiger partial charge in [0.05, 0.1) is 4.47 Å². The maximum absolute atomic E-state index is 12.7. The number of para-hydroxylation sites is 1. The molecule has 1 heterocycles. The smallest absolute Gasteiger partial charge is 0.323 e. The van der Waals surface area contributed by atoms with Gasteiger partial charge in [0.1, 0.15) is 12.3 Å². The molecule has 7 heteroatoms. The summed E-state index contributed by atoms with van der Waals surface area (Å²) in [6.07, 6.45) is 0.512. The van der Waals surface area contributed by atoms with Gasteiger partial charge in [0.2, 0.25) is 0 Å². The van der Waals surface area contributed by atoms with Crippen LogP contribution in [0.4, 0.5) is 0 Å². The first kappa shape index (κ1) is 17.7. The lowest BCUT2D eigenvalue weighted by molar-refractivity contribution is -0.151. The molecule has 2 rings (SSSR count). The van der Waals surface area contributed by atoms with Crippen LogP contribution < -0.4 is 4.74 Å². The number of carbonyl (C=O) groups excluding carboxylic acids is 1. The molecule has 0 bridgehead atoms. The van der Waals surface area contributed by atoms with Crippen LogP contribution in [0, 0.1) is 0 Å². The topological polar surface area (TPSA) is 76.1 Å². The third kappa shape index (κ3) is 4.94. The Hall–Kier alpha value is -1.60. The SMILES string of the molecule is CC(Oc1ccccc1Br)C(=O)N(CC(=O)O)C1CCOCC1. The highest BCUT2D eigenvalue weighted by Crippen LogP contribution is 2.25. The number of hydrogen-bond acceptors (Lipinski definition) is 4. The number of carboxylic acid groups (broad SMARTS) is 1. The summed E-state index contributed by atoms with van der Waals surface area (Å²) < 4.78 is 11.7. The van der Waals surface area contributed by atoms with E-state index in [1.807, 2.05) is 18.2 Å². The van der Waals surface area contributed by atoms with E-state index >= 15 is 0 Å². The number of nitrogens with zero attached hydrogens (tertiary/aromatic N) is 1. The monoisotopic (exact) mass is 385 g/mol. The summed E-state index contributed by atoms with van der Waals surface area (Å²) in [6, 6.07) is 7.11. The van der Waals surface area contributed by atoms with Crippen molar-refractivity contribution in [3.63, 3.8) is 0 Å². The molecule has 1 atom stereocenters. The highest BCUT2D eigenvalue weighted by molar-refractivity contribution is 9.10. The maximum Gasteiger partial charge on any atom is 0.323 e. The van der Waals surface area contributed by atoms with E-state index in [1.165, 1.54) is 4.90 Å². The Bertz CT molecular complexity index is 559. The Morgan fingerprint density at radius 2 is 2.04 bits per heavy atom. The largest absolute Gasteiger partial charge is 0.480 e. The van der Waals surface area contributed by atoms with Gasteiger partial charge in [0, 0.05) is 19.3 Å². The molecular formula is C16H20BrNO5. The van der Waals surface area contributed by atoms with E-state index in [1.54, 1.807) is 13.0 Å². The van der Waals surface area contributed by atoms with Crippen molar-refractivity contribution in [2.45, 2.75) is 31.9 Å². The van der Waals surface area contributed by atoms with Crippen molar-refractivity contribution < 1.29 is 24.2 Å². The molecule has 23 heavy (non-hydrogen) atoms. The molecular weight excluding hydrogens is 366 g/mol. The normalized spacial score (nSPS) is 16.6. The fourth-order valence-corrected chi connectivity index (χ4v) is 2.92. The van der Waals surface area contributed by atoms with Gasteiger partial charge in [-0.2, -0.15) is 0 Å². The molecule has 0 aliphatic carbocycles. The van der Waals surface area contributed by atoms with E-state index in [0.717, 1.165) is 4.47 Å². The number of halogens is 1. The molecule has 1 N–H and O–H groups in total. The number of amides is 1. The highest BCUT2D eigenvalue weighted by Gasteiger charge is 2.31. The average Bonchev–Trinajstić information content (AvgIpc) is 2.54. The summed E-state index contributed by atoms with van der Waals surface area (Å²) >= 11 is 3.37. The van der Waals surface area contributed by atoms with Gasteiger partial charge in [0.15, 0.2) is 6.10 Å². The van der Waals surface area contributed by atoms with Crippen LogP contribution in [0.25, 0.3) is 0 Å². The fourth-order valence-electron chi connectivity index (χ4n) is 2.54. The van der Waals surface area contributed by atoms with Crippen LogP contribution in [-0.4, -0.2) is 53.8 Å². The zero-order chi connectivity index (χ0) is 16.8. The molecule has 1 aromatic carbocycles. The second-order valence-corrected chi connectivity index (χ2v) is 6.25. The van der Waals surface area contributed by atoms with E-state index in [0.29, 0.717) is 31.8 Å². The summed E-state index contributed by atoms with van der Waals surface area (Å²) in [4.78, 5) is 25.2. The number of rotatable bonds is 6. The molecule has 126 valence electrons. The molecule has 1 amide bonds. The summed E-state index contributed by atoms with van der Waals surface area (Å²) in [5.41, 5.74) is 0. The zero-order valence-corrected chi connectivity index (χ0v) is 14.5. The second kappa shape index (κ2) is 8.31. The predicted octanol–water partition coefficient (Wildman–Crippen LogP) is 2.31. The Labute approximate surface area is 143 Å². The molecule has 1 fully saturated rings. The van der Waals surface area contributed by atoms with Crippen molar-refractivity contribution in [1.29, 1.82) is 0 Å². The lowest BCUT2D eigenvalue weighted by Gasteiger charge is -2.34. The number of carbonyl (C=O) groups is 2. The molecule has 0 radical (unpaired) electrons. The van der Waals surface area contributed by atoms with Gasteiger partial charge in [-0.1, -0.05) is 12.1 Å². The highest BCUT2D eigenvalue weighted by atomic mass is 79.9. The van der Waals surface area contributed by atoms with Crippen LogP contribution >= 0.6 is 15.9 Å². The van der Waals surface area contributed by atoms with Crippen LogP contribution in [0.1, 0.15) is 19.8 Å². The van der Waals surface area contributed by atoms with E-state index in [4.69, 9.17) is 14.6 Å². The first-order valence-electron chi connectivity index (χ1n) is 7.50. The Morgan fingerprint density at radius 1 is 1.39 bits per heavy atom. The third-order valence-corrected chi connectivity index (χ3v) is 4.36. The lowest BCUT2D eigenvalue weighted by Crippen LogP contribution is -2.50. The third-order valence-electron chi connectivity index (χ3n) is 3.71. The summed E-state index contributed by atoms with van der Waals surface area (Å²) in [5, 5.41) is 9.11. The molecule has 1 aromatic rings. The molecule has 0 spiro atoms. The molecule has 0 saturated carbocycles. The van der Waals surface area contributed by atoms with Gasteiger partial charge >= 0.3 is 5.97 Å². The molecule has 0 aromatic heterocycles. The minimum atomic E-state index is -1.03. The number of ether oxygens (including phenoxy) is 2. The summed E-state index contributed by atoms with van der Waals surface area (Å²) in [5.74, 6) is -0.802. The molecule has 6 nitrogen and oxygen atoms in total. The summed E-state index contributed by atoms with van der Waals surface area (Å²) in [7, 11) is 0. The molecule has 1 unspecified atom stereocenters. The van der Waals surface area contributed by atoms with Crippen molar-refractivity contribution >= 4 is 27.8 Å². The Morgan fingerprint density at radius 3 is 2.65 bits per heavy atom. The fraction of sp³-hybridized carbons (Fsp3) is 0.500. The van der Waals surface area contributed by atoms with Gasteiger partial charge in [-0.3, -0.25) is 9.59 Å². The van der Waals surface area contributed by atoms with Crippen molar-refractivity contribution in [3.05, 3.63) is 28.7 Å². The van der Waals surface area contributed by atoms with Crippen LogP contribution in [0.5, 0.6) is 5.75 Å². The Kier molecular flexibility index (Phi) is 6.41. The minimum absolute atomic E-state index is 0.127. The number of benzene rings is 1. The van der Waals surface area contributed by atoms with Gasteiger partial charge in [-0.25, -0.2) is 0 Å². The van der Waals surface area contributed by atoms with E-state index in [2.05, 4.69) is 15.9 Å². The number of aliphatic carboxylic acids is 1. The van der Waals surface area contributed by atoms with Gasteiger partial charge in [-0.15, -0.1) is 0 Å². The standard InChI is InChI=1S/C16H20BrNO5/c1-11(23-14-5-3-2-4-13(14)17)16(21)18(10-15(19)20)12-6-8-22-9-7-12/h2-5,11-12H,6-10H2,1H3,(H,19,20). The second-order valence-electron chi connectivity index (χ2n) is 5.39. The zero-order valence-electron chi connectivity index (χ0n) is 12.9. The number of carboxylic acids is 1. The maximum atomic E-state index is 12.7. The first-order chi connectivity index (χ1) is 11.0. The minimum Gasteiger partial charge on any atom is -0.480 e. The van der Waals surface area contributed by atoms with Crippen LogP contribution in [0.15, 0.2) is 28.7 Å². The van der Waals surface area contributed by atoms with Crippen molar-refractivity contribution in [2.75, 3.05) is 19.8 Å². The van der Waals surface area contributed by atoms with E-state index < -0.39 is 12.1 Å². The van der Waals surface area contributed by atoms with Crippen LogP contribution in [0.3, 0.4) is 0 Å². The quantitative estimate of drug-likeness (QED) is 0.812. The molecule has 1 aliphatic rings. The van der Waals surface area contributed by atoms with Gasteiger partial charge in [-0.05, 0) is 47.8 Å². The van der Waals surface area contributed by atoms with Crippen molar-refractivity contribution in [2.24, 2.45) is 0 Å². The van der Waals surface area contributed by atoms with Gasteiger partial charge < -0.3 is 19.5 Å². The summed E-state index contributed by atoms with van der Waals surface area (Å²) in [6.45, 7) is 2.38.